The minimum Gasteiger partial charge on any atom is -0.382 e. The standard InChI is InChI=1S/C14H20N4O3/c1-3-18-9-11(10(2)15-18)12-8-13(21-16-12)14(19)17-4-6-20-7-5-17/h9,13H,3-8H2,1-2H3/t13-/m1/s1. The highest BCUT2D eigenvalue weighted by atomic mass is 16.6. The van der Waals surface area contributed by atoms with Crippen molar-refractivity contribution < 1.29 is 14.4 Å². The first-order chi connectivity index (χ1) is 10.2. The molecule has 0 spiro atoms. The molecule has 2 aliphatic heterocycles. The summed E-state index contributed by atoms with van der Waals surface area (Å²) in [5.74, 6) is -0.00223. The summed E-state index contributed by atoms with van der Waals surface area (Å²) in [7, 11) is 0. The predicted molar refractivity (Wildman–Crippen MR) is 76.1 cm³/mol. The van der Waals surface area contributed by atoms with Gasteiger partial charge in [-0.15, -0.1) is 0 Å². The van der Waals surface area contributed by atoms with Gasteiger partial charge in [-0.25, -0.2) is 0 Å². The molecule has 0 bridgehead atoms. The molecule has 7 heteroatoms. The van der Waals surface area contributed by atoms with Crippen LogP contribution in [0, 0.1) is 6.92 Å². The molecular formula is C14H20N4O3. The summed E-state index contributed by atoms with van der Waals surface area (Å²) < 4.78 is 7.12. The average Bonchev–Trinajstić information content (AvgIpc) is 3.13. The van der Waals surface area contributed by atoms with Gasteiger partial charge < -0.3 is 14.5 Å². The van der Waals surface area contributed by atoms with Crippen LogP contribution in [-0.4, -0.2) is 58.7 Å². The number of nitrogens with zero attached hydrogens (tertiary/aromatic N) is 4. The molecule has 1 saturated heterocycles. The van der Waals surface area contributed by atoms with Crippen LogP contribution in [0.3, 0.4) is 0 Å². The number of morpholine rings is 1. The van der Waals surface area contributed by atoms with Crippen LogP contribution < -0.4 is 0 Å². The van der Waals surface area contributed by atoms with Crippen molar-refractivity contribution in [3.63, 3.8) is 0 Å². The molecule has 0 N–H and O–H groups in total. The fraction of sp³-hybridized carbons (Fsp3) is 0.643. The van der Waals surface area contributed by atoms with E-state index >= 15 is 0 Å². The third kappa shape index (κ3) is 2.78. The van der Waals surface area contributed by atoms with Gasteiger partial charge in [-0.05, 0) is 13.8 Å². The molecule has 1 amide bonds. The lowest BCUT2D eigenvalue weighted by Gasteiger charge is -2.28. The van der Waals surface area contributed by atoms with E-state index in [-0.39, 0.29) is 5.91 Å². The van der Waals surface area contributed by atoms with Crippen LogP contribution in [0.5, 0.6) is 0 Å². The van der Waals surface area contributed by atoms with Gasteiger partial charge in [0.2, 0.25) is 6.10 Å². The highest BCUT2D eigenvalue weighted by Gasteiger charge is 2.33. The molecule has 1 aromatic rings. The number of ether oxygens (including phenoxy) is 1. The maximum Gasteiger partial charge on any atom is 0.267 e. The number of oxime groups is 1. The molecule has 0 aromatic carbocycles. The normalized spacial score (nSPS) is 22.1. The van der Waals surface area contributed by atoms with Gasteiger partial charge in [-0.3, -0.25) is 9.48 Å². The van der Waals surface area contributed by atoms with Crippen molar-refractivity contribution in [2.45, 2.75) is 32.9 Å². The Morgan fingerprint density at radius 2 is 2.19 bits per heavy atom. The first kappa shape index (κ1) is 14.1. The number of hydrogen-bond acceptors (Lipinski definition) is 5. The number of carbonyl (C=O) groups excluding carboxylic acids is 1. The van der Waals surface area contributed by atoms with E-state index in [1.807, 2.05) is 24.7 Å². The van der Waals surface area contributed by atoms with Crippen molar-refractivity contribution in [2.24, 2.45) is 5.16 Å². The molecule has 1 atom stereocenters. The Hall–Kier alpha value is -1.89. The molecule has 1 fully saturated rings. The van der Waals surface area contributed by atoms with E-state index < -0.39 is 6.10 Å². The van der Waals surface area contributed by atoms with Crippen LogP contribution in [0.15, 0.2) is 11.4 Å². The van der Waals surface area contributed by atoms with E-state index in [1.54, 1.807) is 4.90 Å². The molecule has 7 nitrogen and oxygen atoms in total. The van der Waals surface area contributed by atoms with Crippen molar-refractivity contribution >= 4 is 11.6 Å². The summed E-state index contributed by atoms with van der Waals surface area (Å²) in [6.07, 6.45) is 1.95. The smallest absolute Gasteiger partial charge is 0.267 e. The molecule has 1 aromatic heterocycles. The minimum absolute atomic E-state index is 0.00223. The molecular weight excluding hydrogens is 272 g/mol. The number of rotatable bonds is 3. The van der Waals surface area contributed by atoms with Crippen LogP contribution in [0.1, 0.15) is 24.6 Å². The number of carbonyl (C=O) groups is 1. The lowest BCUT2D eigenvalue weighted by Crippen LogP contribution is -2.45. The van der Waals surface area contributed by atoms with Gasteiger partial charge in [0.25, 0.3) is 5.91 Å². The van der Waals surface area contributed by atoms with Gasteiger partial charge in [0.1, 0.15) is 0 Å². The summed E-state index contributed by atoms with van der Waals surface area (Å²) in [5, 5.41) is 8.50. The Bertz CT molecular complexity index is 561. The van der Waals surface area contributed by atoms with Crippen LogP contribution in [0.25, 0.3) is 0 Å². The molecule has 0 radical (unpaired) electrons. The lowest BCUT2D eigenvalue weighted by atomic mass is 10.1. The Morgan fingerprint density at radius 3 is 2.86 bits per heavy atom. The van der Waals surface area contributed by atoms with E-state index in [0.29, 0.717) is 32.7 Å². The monoisotopic (exact) mass is 292 g/mol. The van der Waals surface area contributed by atoms with Crippen molar-refractivity contribution in [3.8, 4) is 0 Å². The zero-order valence-corrected chi connectivity index (χ0v) is 12.4. The number of hydrogen-bond donors (Lipinski definition) is 0. The van der Waals surface area contributed by atoms with E-state index in [4.69, 9.17) is 9.57 Å². The molecule has 0 saturated carbocycles. The first-order valence-corrected chi connectivity index (χ1v) is 7.32. The Labute approximate surface area is 123 Å². The van der Waals surface area contributed by atoms with Gasteiger partial charge in [0.05, 0.1) is 24.6 Å². The summed E-state index contributed by atoms with van der Waals surface area (Å²) >= 11 is 0. The molecule has 3 rings (SSSR count). The van der Waals surface area contributed by atoms with Gasteiger partial charge in [0, 0.05) is 37.8 Å². The van der Waals surface area contributed by atoms with E-state index in [2.05, 4.69) is 10.3 Å². The summed E-state index contributed by atoms with van der Waals surface area (Å²) in [5.41, 5.74) is 2.69. The molecule has 0 aliphatic carbocycles. The fourth-order valence-corrected chi connectivity index (χ4v) is 2.62. The highest BCUT2D eigenvalue weighted by Crippen LogP contribution is 2.20. The average molecular weight is 292 g/mol. The summed E-state index contributed by atoms with van der Waals surface area (Å²) in [6.45, 7) is 7.23. The SMILES string of the molecule is CCn1cc(C2=NO[C@@H](C(=O)N3CCOCC3)C2)c(C)n1. The van der Waals surface area contributed by atoms with Crippen LogP contribution in [-0.2, 0) is 20.9 Å². The predicted octanol–water partition coefficient (Wildman–Crippen LogP) is 0.563. The van der Waals surface area contributed by atoms with Gasteiger partial charge in [0.15, 0.2) is 0 Å². The Kier molecular flexibility index (Phi) is 3.92. The number of amides is 1. The summed E-state index contributed by atoms with van der Waals surface area (Å²) in [4.78, 5) is 19.5. The maximum atomic E-state index is 12.4. The second-order valence-electron chi connectivity index (χ2n) is 5.26. The zero-order valence-electron chi connectivity index (χ0n) is 12.4. The zero-order chi connectivity index (χ0) is 14.8. The molecule has 3 heterocycles. The van der Waals surface area contributed by atoms with Crippen LogP contribution in [0.2, 0.25) is 0 Å². The van der Waals surface area contributed by atoms with E-state index in [1.165, 1.54) is 0 Å². The quantitative estimate of drug-likeness (QED) is 0.816. The molecule has 0 unspecified atom stereocenters. The molecule has 21 heavy (non-hydrogen) atoms. The van der Waals surface area contributed by atoms with E-state index in [0.717, 1.165) is 23.5 Å². The molecule has 2 aliphatic rings. The fourth-order valence-electron chi connectivity index (χ4n) is 2.62. The first-order valence-electron chi connectivity index (χ1n) is 7.32. The van der Waals surface area contributed by atoms with Crippen molar-refractivity contribution in [3.05, 3.63) is 17.5 Å². The van der Waals surface area contributed by atoms with E-state index in [9.17, 15) is 4.79 Å². The summed E-state index contributed by atoms with van der Waals surface area (Å²) in [6, 6.07) is 0. The Morgan fingerprint density at radius 1 is 1.43 bits per heavy atom. The largest absolute Gasteiger partial charge is 0.382 e. The number of aromatic nitrogens is 2. The van der Waals surface area contributed by atoms with Gasteiger partial charge in [-0.2, -0.15) is 5.10 Å². The second-order valence-corrected chi connectivity index (χ2v) is 5.26. The van der Waals surface area contributed by atoms with Crippen molar-refractivity contribution in [1.29, 1.82) is 0 Å². The minimum atomic E-state index is -0.512. The highest BCUT2D eigenvalue weighted by molar-refractivity contribution is 6.04. The maximum absolute atomic E-state index is 12.4. The number of aryl methyl sites for hydroxylation is 2. The lowest BCUT2D eigenvalue weighted by molar-refractivity contribution is -0.146. The van der Waals surface area contributed by atoms with Crippen LogP contribution >= 0.6 is 0 Å². The second kappa shape index (κ2) is 5.85. The van der Waals surface area contributed by atoms with Crippen molar-refractivity contribution in [1.82, 2.24) is 14.7 Å². The van der Waals surface area contributed by atoms with Crippen molar-refractivity contribution in [2.75, 3.05) is 26.3 Å². The third-order valence-electron chi connectivity index (χ3n) is 3.85. The topological polar surface area (TPSA) is 69.0 Å². The van der Waals surface area contributed by atoms with Gasteiger partial charge >= 0.3 is 0 Å². The van der Waals surface area contributed by atoms with Gasteiger partial charge in [-0.1, -0.05) is 5.16 Å². The Balaban J connectivity index is 1.66. The third-order valence-corrected chi connectivity index (χ3v) is 3.85. The van der Waals surface area contributed by atoms with Crippen LogP contribution in [0.4, 0.5) is 0 Å². The molecule has 114 valence electrons.